The fourth-order valence-corrected chi connectivity index (χ4v) is 2.52. The highest BCUT2D eigenvalue weighted by Crippen LogP contribution is 2.27. The second kappa shape index (κ2) is 4.89. The molecule has 0 saturated carbocycles. The van der Waals surface area contributed by atoms with E-state index in [1.165, 1.54) is 11.5 Å². The molecule has 0 aliphatic rings. The van der Waals surface area contributed by atoms with Crippen molar-refractivity contribution in [3.8, 4) is 0 Å². The summed E-state index contributed by atoms with van der Waals surface area (Å²) >= 11 is 1.34. The maximum Gasteiger partial charge on any atom is 0.126 e. The maximum absolute atomic E-state index is 13.6. The van der Waals surface area contributed by atoms with E-state index in [1.807, 2.05) is 20.0 Å². The normalized spacial score (nSPS) is 12.7. The van der Waals surface area contributed by atoms with E-state index < -0.39 is 0 Å². The van der Waals surface area contributed by atoms with Gasteiger partial charge >= 0.3 is 0 Å². The van der Waals surface area contributed by atoms with Crippen LogP contribution in [0.5, 0.6) is 0 Å². The van der Waals surface area contributed by atoms with Crippen LogP contribution in [0.4, 0.5) is 4.39 Å². The number of hydrogen-bond acceptors (Lipinski definition) is 4. The zero-order valence-electron chi connectivity index (χ0n) is 9.99. The highest BCUT2D eigenvalue weighted by Gasteiger charge is 2.18. The van der Waals surface area contributed by atoms with Crippen LogP contribution in [0.3, 0.4) is 0 Å². The first-order chi connectivity index (χ1) is 8.13. The molecule has 0 fully saturated rings. The van der Waals surface area contributed by atoms with E-state index in [2.05, 4.69) is 14.9 Å². The van der Waals surface area contributed by atoms with E-state index in [9.17, 15) is 4.39 Å². The van der Waals surface area contributed by atoms with Crippen LogP contribution in [-0.4, -0.2) is 16.6 Å². The predicted molar refractivity (Wildman–Crippen MR) is 66.7 cm³/mol. The minimum absolute atomic E-state index is 0.0508. The Hall–Kier alpha value is -1.33. The topological polar surface area (TPSA) is 37.8 Å². The number of halogens is 1. The van der Waals surface area contributed by atoms with Gasteiger partial charge in [0.2, 0.25) is 0 Å². The first-order valence-corrected chi connectivity index (χ1v) is 6.13. The van der Waals surface area contributed by atoms with Gasteiger partial charge in [0.25, 0.3) is 0 Å². The molecule has 1 unspecified atom stereocenters. The Morgan fingerprint density at radius 3 is 2.65 bits per heavy atom. The maximum atomic E-state index is 13.6. The van der Waals surface area contributed by atoms with Crippen LogP contribution in [0.2, 0.25) is 0 Å². The third kappa shape index (κ3) is 2.35. The monoisotopic (exact) mass is 251 g/mol. The molecule has 1 aromatic carbocycles. The molecule has 90 valence electrons. The fraction of sp³-hybridized carbons (Fsp3) is 0.333. The molecule has 0 spiro atoms. The van der Waals surface area contributed by atoms with Gasteiger partial charge in [-0.25, -0.2) is 4.39 Å². The average Bonchev–Trinajstić information content (AvgIpc) is 2.71. The number of nitrogens with zero attached hydrogens (tertiary/aromatic N) is 2. The van der Waals surface area contributed by atoms with Gasteiger partial charge in [-0.1, -0.05) is 16.6 Å². The minimum Gasteiger partial charge on any atom is -0.309 e. The van der Waals surface area contributed by atoms with Crippen molar-refractivity contribution >= 4 is 11.5 Å². The molecule has 2 aromatic rings. The lowest BCUT2D eigenvalue weighted by Crippen LogP contribution is -2.17. The first-order valence-electron chi connectivity index (χ1n) is 5.35. The van der Waals surface area contributed by atoms with Gasteiger partial charge in [-0.3, -0.25) is 0 Å². The summed E-state index contributed by atoms with van der Waals surface area (Å²) < 4.78 is 17.5. The number of aryl methyl sites for hydroxylation is 2. The SMILES string of the molecule is CNC(c1ccc(C)c(F)c1)c1snnc1C. The lowest BCUT2D eigenvalue weighted by molar-refractivity contribution is 0.609. The smallest absolute Gasteiger partial charge is 0.126 e. The van der Waals surface area contributed by atoms with Crippen molar-refractivity contribution in [2.24, 2.45) is 0 Å². The van der Waals surface area contributed by atoms with Gasteiger partial charge in [-0.15, -0.1) is 5.10 Å². The van der Waals surface area contributed by atoms with E-state index in [0.29, 0.717) is 5.56 Å². The summed E-state index contributed by atoms with van der Waals surface area (Å²) in [6, 6.07) is 5.23. The van der Waals surface area contributed by atoms with E-state index in [4.69, 9.17) is 0 Å². The van der Waals surface area contributed by atoms with Gasteiger partial charge in [0.05, 0.1) is 16.6 Å². The lowest BCUT2D eigenvalue weighted by atomic mass is 10.0. The van der Waals surface area contributed by atoms with Crippen molar-refractivity contribution in [1.82, 2.24) is 14.9 Å². The summed E-state index contributed by atoms with van der Waals surface area (Å²) in [5, 5.41) is 7.16. The molecule has 1 heterocycles. The van der Waals surface area contributed by atoms with E-state index in [1.54, 1.807) is 19.1 Å². The Kier molecular flexibility index (Phi) is 3.49. The van der Waals surface area contributed by atoms with Gasteiger partial charge in [-0.05, 0) is 49.6 Å². The molecular formula is C12H14FN3S. The van der Waals surface area contributed by atoms with Gasteiger partial charge in [0.1, 0.15) is 5.82 Å². The molecule has 5 heteroatoms. The molecule has 1 atom stereocenters. The first kappa shape index (κ1) is 12.1. The van der Waals surface area contributed by atoms with Crippen molar-refractivity contribution in [2.75, 3.05) is 7.05 Å². The third-order valence-corrected chi connectivity index (χ3v) is 3.66. The van der Waals surface area contributed by atoms with Crippen molar-refractivity contribution in [3.05, 3.63) is 45.7 Å². The molecule has 17 heavy (non-hydrogen) atoms. The number of benzene rings is 1. The third-order valence-electron chi connectivity index (χ3n) is 2.77. The number of aromatic nitrogens is 2. The Morgan fingerprint density at radius 1 is 1.35 bits per heavy atom. The Morgan fingerprint density at radius 2 is 2.12 bits per heavy atom. The summed E-state index contributed by atoms with van der Waals surface area (Å²) in [7, 11) is 1.85. The molecule has 0 saturated heterocycles. The van der Waals surface area contributed by atoms with Crippen molar-refractivity contribution in [2.45, 2.75) is 19.9 Å². The van der Waals surface area contributed by atoms with Crippen LogP contribution in [-0.2, 0) is 0 Å². The second-order valence-corrected chi connectivity index (χ2v) is 4.74. The zero-order chi connectivity index (χ0) is 12.4. The summed E-state index contributed by atoms with van der Waals surface area (Å²) in [6.45, 7) is 3.67. The van der Waals surface area contributed by atoms with Crippen molar-refractivity contribution in [3.63, 3.8) is 0 Å². The van der Waals surface area contributed by atoms with Gasteiger partial charge in [-0.2, -0.15) is 0 Å². The van der Waals surface area contributed by atoms with Gasteiger partial charge < -0.3 is 5.32 Å². The van der Waals surface area contributed by atoms with Crippen LogP contribution in [0.1, 0.15) is 27.7 Å². The van der Waals surface area contributed by atoms with E-state index in [0.717, 1.165) is 16.1 Å². The average molecular weight is 251 g/mol. The molecule has 0 bridgehead atoms. The van der Waals surface area contributed by atoms with Crippen LogP contribution >= 0.6 is 11.5 Å². The summed E-state index contributed by atoms with van der Waals surface area (Å²) in [5.41, 5.74) is 2.43. The zero-order valence-corrected chi connectivity index (χ0v) is 10.8. The van der Waals surface area contributed by atoms with Gasteiger partial charge in [0.15, 0.2) is 0 Å². The number of rotatable bonds is 3. The summed E-state index contributed by atoms with van der Waals surface area (Å²) in [5.74, 6) is -0.183. The molecule has 0 aliphatic carbocycles. The van der Waals surface area contributed by atoms with Crippen LogP contribution < -0.4 is 5.32 Å². The number of nitrogens with one attached hydrogen (secondary N) is 1. The van der Waals surface area contributed by atoms with Crippen LogP contribution in [0, 0.1) is 19.7 Å². The number of hydrogen-bond donors (Lipinski definition) is 1. The highest BCUT2D eigenvalue weighted by atomic mass is 32.1. The molecule has 1 aromatic heterocycles. The minimum atomic E-state index is -0.183. The molecule has 0 radical (unpaired) electrons. The van der Waals surface area contributed by atoms with E-state index in [-0.39, 0.29) is 11.9 Å². The summed E-state index contributed by atoms with van der Waals surface area (Å²) in [4.78, 5) is 1.02. The Bertz CT molecular complexity index is 524. The van der Waals surface area contributed by atoms with E-state index >= 15 is 0 Å². The van der Waals surface area contributed by atoms with Crippen LogP contribution in [0.25, 0.3) is 0 Å². The Labute approximate surface area is 104 Å². The molecular weight excluding hydrogens is 237 g/mol. The van der Waals surface area contributed by atoms with Crippen molar-refractivity contribution < 1.29 is 4.39 Å². The molecule has 0 aliphatic heterocycles. The quantitative estimate of drug-likeness (QED) is 0.911. The second-order valence-electron chi connectivity index (χ2n) is 3.95. The Balaban J connectivity index is 2.42. The molecule has 0 amide bonds. The largest absolute Gasteiger partial charge is 0.309 e. The highest BCUT2D eigenvalue weighted by molar-refractivity contribution is 7.05. The molecule has 1 N–H and O–H groups in total. The predicted octanol–water partition coefficient (Wildman–Crippen LogP) is 2.60. The van der Waals surface area contributed by atoms with Gasteiger partial charge in [0, 0.05) is 0 Å². The molecule has 3 nitrogen and oxygen atoms in total. The lowest BCUT2D eigenvalue weighted by Gasteiger charge is -2.15. The standard InChI is InChI=1S/C12H14FN3S/c1-7-4-5-9(6-10(7)13)11(14-3)12-8(2)15-16-17-12/h4-6,11,14H,1-3H3. The van der Waals surface area contributed by atoms with Crippen LogP contribution in [0.15, 0.2) is 18.2 Å². The fourth-order valence-electron chi connectivity index (χ4n) is 1.74. The van der Waals surface area contributed by atoms with Crippen molar-refractivity contribution in [1.29, 1.82) is 0 Å². The summed E-state index contributed by atoms with van der Waals surface area (Å²) in [6.07, 6.45) is 0. The molecule has 2 rings (SSSR count).